The van der Waals surface area contributed by atoms with Gasteiger partial charge in [0.05, 0.1) is 28.4 Å². The summed E-state index contributed by atoms with van der Waals surface area (Å²) in [5.41, 5.74) is 6.10. The van der Waals surface area contributed by atoms with Crippen molar-refractivity contribution in [3.05, 3.63) is 33.4 Å². The van der Waals surface area contributed by atoms with E-state index in [2.05, 4.69) is 0 Å². The smallest absolute Gasteiger partial charge is 0.341 e. The van der Waals surface area contributed by atoms with E-state index in [0.29, 0.717) is 49.1 Å². The summed E-state index contributed by atoms with van der Waals surface area (Å²) in [5.74, 6) is -2.03. The molecule has 0 unspecified atom stereocenters. The molecule has 3 heterocycles. The summed E-state index contributed by atoms with van der Waals surface area (Å²) in [6.45, 7) is 2.90. The Kier molecular flexibility index (Phi) is 3.69. The van der Waals surface area contributed by atoms with Crippen LogP contribution in [0, 0.1) is 5.82 Å². The summed E-state index contributed by atoms with van der Waals surface area (Å²) in [6.07, 6.45) is 2.50. The van der Waals surface area contributed by atoms with E-state index in [1.54, 1.807) is 4.57 Å². The Bertz CT molecular complexity index is 993. The zero-order valence-electron chi connectivity index (χ0n) is 14.3. The van der Waals surface area contributed by atoms with Crippen LogP contribution >= 0.6 is 0 Å². The summed E-state index contributed by atoms with van der Waals surface area (Å²) >= 11 is 0. The van der Waals surface area contributed by atoms with Crippen LogP contribution < -0.4 is 16.1 Å². The number of aliphatic hydroxyl groups is 1. The van der Waals surface area contributed by atoms with Crippen molar-refractivity contribution in [3.8, 4) is 0 Å². The molecule has 0 spiro atoms. The normalized spacial score (nSPS) is 20.1. The number of aliphatic hydroxyl groups excluding tert-OH is 1. The van der Waals surface area contributed by atoms with Crippen LogP contribution in [0.1, 0.15) is 41.7 Å². The van der Waals surface area contributed by atoms with Gasteiger partial charge in [-0.05, 0) is 26.2 Å². The van der Waals surface area contributed by atoms with Gasteiger partial charge in [-0.15, -0.1) is 0 Å². The number of aromatic nitrogens is 1. The predicted molar refractivity (Wildman–Crippen MR) is 95.4 cm³/mol. The molecule has 1 fully saturated rings. The van der Waals surface area contributed by atoms with Gasteiger partial charge >= 0.3 is 5.97 Å². The van der Waals surface area contributed by atoms with Crippen LogP contribution in [0.4, 0.5) is 15.8 Å². The third kappa shape index (κ3) is 2.21. The first-order chi connectivity index (χ1) is 12.3. The summed E-state index contributed by atoms with van der Waals surface area (Å²) in [5, 5.41) is 19.0. The van der Waals surface area contributed by atoms with Gasteiger partial charge in [0.15, 0.2) is 5.82 Å². The van der Waals surface area contributed by atoms with Crippen molar-refractivity contribution in [1.82, 2.24) is 4.57 Å². The number of carbonyl (C=O) groups is 1. The molecule has 2 aliphatic rings. The SMILES string of the molecule is C[C@H]1Cc2c(N3CCC(O)CC3)c(F)c(N)c3c(=O)c(C(=O)O)cn1c23. The predicted octanol–water partition coefficient (Wildman–Crippen LogP) is 1.50. The fraction of sp³-hybridized carbons (Fsp3) is 0.444. The third-order valence-electron chi connectivity index (χ3n) is 5.51. The molecule has 4 N–H and O–H groups in total. The Morgan fingerprint density at radius 3 is 2.62 bits per heavy atom. The van der Waals surface area contributed by atoms with E-state index in [1.807, 2.05) is 11.8 Å². The fourth-order valence-electron chi connectivity index (χ4n) is 4.18. The molecule has 0 amide bonds. The minimum atomic E-state index is -1.35. The van der Waals surface area contributed by atoms with Gasteiger partial charge in [0.2, 0.25) is 5.43 Å². The van der Waals surface area contributed by atoms with Gasteiger partial charge in [-0.3, -0.25) is 4.79 Å². The number of aromatic carboxylic acids is 1. The molecule has 8 heteroatoms. The number of hydrogen-bond acceptors (Lipinski definition) is 5. The lowest BCUT2D eigenvalue weighted by Gasteiger charge is -2.33. The average Bonchev–Trinajstić information content (AvgIpc) is 2.91. The van der Waals surface area contributed by atoms with Crippen LogP contribution in [0.3, 0.4) is 0 Å². The monoisotopic (exact) mass is 361 g/mol. The van der Waals surface area contributed by atoms with E-state index in [1.165, 1.54) is 6.20 Å². The molecule has 26 heavy (non-hydrogen) atoms. The highest BCUT2D eigenvalue weighted by molar-refractivity contribution is 6.02. The second-order valence-corrected chi connectivity index (χ2v) is 7.13. The second-order valence-electron chi connectivity index (χ2n) is 7.13. The number of benzene rings is 1. The minimum Gasteiger partial charge on any atom is -0.477 e. The fourth-order valence-corrected chi connectivity index (χ4v) is 4.18. The Hall–Kier alpha value is -2.61. The van der Waals surface area contributed by atoms with Crippen LogP contribution in [-0.2, 0) is 6.42 Å². The van der Waals surface area contributed by atoms with Crippen molar-refractivity contribution >= 4 is 28.2 Å². The number of carboxylic acids is 1. The number of rotatable bonds is 2. The van der Waals surface area contributed by atoms with Crippen LogP contribution in [0.25, 0.3) is 10.9 Å². The van der Waals surface area contributed by atoms with Gasteiger partial charge in [0, 0.05) is 30.9 Å². The maximum atomic E-state index is 15.2. The molecule has 1 aromatic heterocycles. The van der Waals surface area contributed by atoms with Crippen molar-refractivity contribution in [2.75, 3.05) is 23.7 Å². The molecular formula is C18H20FN3O4. The molecular weight excluding hydrogens is 341 g/mol. The number of nitrogens with zero attached hydrogens (tertiary/aromatic N) is 2. The number of halogens is 1. The topological polar surface area (TPSA) is 109 Å². The van der Waals surface area contributed by atoms with E-state index in [0.717, 1.165) is 0 Å². The lowest BCUT2D eigenvalue weighted by Crippen LogP contribution is -2.37. The zero-order valence-corrected chi connectivity index (χ0v) is 14.3. The number of nitrogens with two attached hydrogens (primary N) is 1. The van der Waals surface area contributed by atoms with E-state index >= 15 is 4.39 Å². The van der Waals surface area contributed by atoms with E-state index in [9.17, 15) is 19.8 Å². The molecule has 0 aliphatic carbocycles. The minimum absolute atomic E-state index is 0.0532. The van der Waals surface area contributed by atoms with Gasteiger partial charge in [0.25, 0.3) is 0 Å². The van der Waals surface area contributed by atoms with Crippen LogP contribution in [0.2, 0.25) is 0 Å². The summed E-state index contributed by atoms with van der Waals surface area (Å²) in [7, 11) is 0. The Labute approximate surface area is 148 Å². The average molecular weight is 361 g/mol. The van der Waals surface area contributed by atoms with Gasteiger partial charge in [-0.2, -0.15) is 0 Å². The number of piperidine rings is 1. The highest BCUT2D eigenvalue weighted by Crippen LogP contribution is 2.43. The number of pyridine rings is 1. The van der Waals surface area contributed by atoms with Crippen molar-refractivity contribution < 1.29 is 19.4 Å². The molecule has 138 valence electrons. The molecule has 1 atom stereocenters. The molecule has 1 saturated heterocycles. The van der Waals surface area contributed by atoms with Crippen LogP contribution in [0.15, 0.2) is 11.0 Å². The number of hydrogen-bond donors (Lipinski definition) is 3. The molecule has 0 saturated carbocycles. The third-order valence-corrected chi connectivity index (χ3v) is 5.51. The first-order valence-corrected chi connectivity index (χ1v) is 8.66. The van der Waals surface area contributed by atoms with Gasteiger partial charge < -0.3 is 25.4 Å². The van der Waals surface area contributed by atoms with Gasteiger partial charge in [0.1, 0.15) is 5.56 Å². The summed E-state index contributed by atoms with van der Waals surface area (Å²) < 4.78 is 16.9. The number of anilines is 2. The first kappa shape index (κ1) is 16.8. The summed E-state index contributed by atoms with van der Waals surface area (Å²) in [6, 6.07) is -0.110. The van der Waals surface area contributed by atoms with Crippen molar-refractivity contribution in [1.29, 1.82) is 0 Å². The highest BCUT2D eigenvalue weighted by Gasteiger charge is 2.33. The van der Waals surface area contributed by atoms with Gasteiger partial charge in [-0.1, -0.05) is 0 Å². The molecule has 0 bridgehead atoms. The summed E-state index contributed by atoms with van der Waals surface area (Å²) in [4.78, 5) is 25.9. The van der Waals surface area contributed by atoms with Crippen molar-refractivity contribution in [2.45, 2.75) is 38.3 Å². The number of nitrogen functional groups attached to an aromatic ring is 1. The van der Waals surface area contributed by atoms with Crippen LogP contribution in [0.5, 0.6) is 0 Å². The lowest BCUT2D eigenvalue weighted by molar-refractivity contribution is 0.0694. The standard InChI is InChI=1S/C18H20FN3O4/c1-8-6-10-15-12(17(24)11(18(25)26)7-22(8)15)14(20)13(19)16(10)21-4-2-9(23)3-5-21/h7-9,23H,2-6,20H2,1H3,(H,25,26)/t8-/m0/s1. The maximum absolute atomic E-state index is 15.2. The maximum Gasteiger partial charge on any atom is 0.341 e. The quantitative estimate of drug-likeness (QED) is 0.700. The zero-order chi connectivity index (χ0) is 18.7. The Morgan fingerprint density at radius 1 is 1.35 bits per heavy atom. The van der Waals surface area contributed by atoms with E-state index in [-0.39, 0.29) is 17.1 Å². The Morgan fingerprint density at radius 2 is 2.00 bits per heavy atom. The highest BCUT2D eigenvalue weighted by atomic mass is 19.1. The van der Waals surface area contributed by atoms with Gasteiger partial charge in [-0.25, -0.2) is 9.18 Å². The molecule has 2 aliphatic heterocycles. The molecule has 0 radical (unpaired) electrons. The van der Waals surface area contributed by atoms with Crippen molar-refractivity contribution in [3.63, 3.8) is 0 Å². The van der Waals surface area contributed by atoms with Crippen molar-refractivity contribution in [2.24, 2.45) is 0 Å². The van der Waals surface area contributed by atoms with E-state index in [4.69, 9.17) is 5.73 Å². The second kappa shape index (κ2) is 5.70. The number of carboxylic acid groups (broad SMARTS) is 1. The molecule has 1 aromatic carbocycles. The van der Waals surface area contributed by atoms with E-state index < -0.39 is 28.9 Å². The van der Waals surface area contributed by atoms with Crippen LogP contribution in [-0.4, -0.2) is 39.9 Å². The molecule has 2 aromatic rings. The molecule has 7 nitrogen and oxygen atoms in total. The first-order valence-electron chi connectivity index (χ1n) is 8.66. The lowest BCUT2D eigenvalue weighted by atomic mass is 9.99. The largest absolute Gasteiger partial charge is 0.477 e. The Balaban J connectivity index is 2.04. The molecule has 4 rings (SSSR count).